The second-order valence-electron chi connectivity index (χ2n) is 8.50. The smallest absolute Gasteiger partial charge is 0.402 e. The molecule has 0 amide bonds. The van der Waals surface area contributed by atoms with Crippen LogP contribution in [0.15, 0.2) is 124 Å². The highest BCUT2D eigenvalue weighted by Gasteiger charge is 2.45. The fourth-order valence-corrected chi connectivity index (χ4v) is 5.94. The van der Waals surface area contributed by atoms with Crippen LogP contribution in [0.5, 0.6) is 5.75 Å². The van der Waals surface area contributed by atoms with Crippen LogP contribution in [0.1, 0.15) is 11.1 Å². The molecule has 0 aromatic heterocycles. The van der Waals surface area contributed by atoms with E-state index in [0.29, 0.717) is 11.3 Å². The molecule has 0 fully saturated rings. The third-order valence-corrected chi connectivity index (χ3v) is 8.82. The molecule has 0 aliphatic rings. The van der Waals surface area contributed by atoms with E-state index in [2.05, 4.69) is 96.6 Å². The summed E-state index contributed by atoms with van der Waals surface area (Å²) in [6, 6.07) is 36.4. The van der Waals surface area contributed by atoms with Crippen molar-refractivity contribution in [3.63, 3.8) is 0 Å². The van der Waals surface area contributed by atoms with Gasteiger partial charge in [-0.3, -0.25) is 9.35 Å². The molecule has 210 valence electrons. The Morgan fingerprint density at radius 3 is 1.80 bits per heavy atom. The molecule has 0 saturated carbocycles. The van der Waals surface area contributed by atoms with Crippen LogP contribution in [0.3, 0.4) is 0 Å². The third-order valence-electron chi connectivity index (χ3n) is 5.56. The second-order valence-corrected chi connectivity index (χ2v) is 12.0. The normalized spacial score (nSPS) is 11.3. The van der Waals surface area contributed by atoms with Crippen LogP contribution >= 0.6 is 0 Å². The van der Waals surface area contributed by atoms with Gasteiger partial charge in [-0.05, 0) is 55.0 Å². The van der Waals surface area contributed by atoms with Gasteiger partial charge in [0.2, 0.25) is 0 Å². The van der Waals surface area contributed by atoms with Crippen LogP contribution in [0.4, 0.5) is 8.78 Å². The summed E-state index contributed by atoms with van der Waals surface area (Å²) in [6.07, 6.45) is -0.314. The first-order valence-electron chi connectivity index (χ1n) is 12.1. The SMILES string of the molecule is COc1ccc(CC(=O)OCC(F)(F)S(=O)(=O)O)cc1.Cc1ccccc1[S+](c1ccccc1)c1ccccc1. The molecule has 4 rings (SSSR count). The molecule has 0 heterocycles. The monoisotopic (exact) mass is 587 g/mol. The highest BCUT2D eigenvalue weighted by molar-refractivity contribution is 7.97. The Morgan fingerprint density at radius 1 is 0.825 bits per heavy atom. The first kappa shape index (κ1) is 30.8. The Morgan fingerprint density at radius 2 is 1.32 bits per heavy atom. The summed E-state index contributed by atoms with van der Waals surface area (Å²) < 4.78 is 63.4. The van der Waals surface area contributed by atoms with Crippen LogP contribution in [0, 0.1) is 6.92 Å². The zero-order valence-corrected chi connectivity index (χ0v) is 23.5. The predicted molar refractivity (Wildman–Crippen MR) is 150 cm³/mol. The van der Waals surface area contributed by atoms with E-state index in [1.165, 1.54) is 39.5 Å². The molecule has 1 N–H and O–H groups in total. The Labute approximate surface area is 235 Å². The number of hydrogen-bond acceptors (Lipinski definition) is 5. The molecule has 0 spiro atoms. The maximum Gasteiger partial charge on any atom is 0.402 e. The molecule has 0 bridgehead atoms. The molecule has 4 aromatic carbocycles. The van der Waals surface area contributed by atoms with Crippen molar-refractivity contribution >= 4 is 27.0 Å². The number of ether oxygens (including phenoxy) is 2. The molecule has 40 heavy (non-hydrogen) atoms. The standard InChI is InChI=1S/C19H17S.C11H12F2O6S/c1-16-10-8-9-15-19(16)20(17-11-4-2-5-12-17)18-13-6-3-7-14-18;1-18-9-4-2-8(3-5-9)6-10(14)19-7-11(12,13)20(15,16)17/h2-15H,1H3;2-5H,6-7H2,1H3,(H,15,16,17)/q+1;. The zero-order chi connectivity index (χ0) is 29.2. The number of alkyl halides is 2. The van der Waals surface area contributed by atoms with Gasteiger partial charge in [0.15, 0.2) is 21.3 Å². The van der Waals surface area contributed by atoms with Crippen LogP contribution in [0.25, 0.3) is 0 Å². The lowest BCUT2D eigenvalue weighted by Gasteiger charge is -2.13. The largest absolute Gasteiger partial charge is 0.497 e. The molecule has 10 heteroatoms. The molecule has 4 aromatic rings. The summed E-state index contributed by atoms with van der Waals surface area (Å²) in [6.45, 7) is 0.460. The Hall–Kier alpha value is -3.73. The first-order chi connectivity index (χ1) is 19.0. The van der Waals surface area contributed by atoms with Crippen molar-refractivity contribution in [1.29, 1.82) is 0 Å². The van der Waals surface area contributed by atoms with Crippen molar-refractivity contribution in [3.05, 3.63) is 120 Å². The number of methoxy groups -OCH3 is 1. The molecule has 0 aliphatic carbocycles. The second kappa shape index (κ2) is 14.1. The topological polar surface area (TPSA) is 89.9 Å². The van der Waals surface area contributed by atoms with E-state index in [-0.39, 0.29) is 17.3 Å². The lowest BCUT2D eigenvalue weighted by atomic mass is 10.1. The summed E-state index contributed by atoms with van der Waals surface area (Å²) in [5.74, 6) is -0.487. The van der Waals surface area contributed by atoms with E-state index in [9.17, 15) is 22.0 Å². The first-order valence-corrected chi connectivity index (χ1v) is 14.7. The number of rotatable bonds is 9. The molecule has 6 nitrogen and oxygen atoms in total. The fourth-order valence-electron chi connectivity index (χ4n) is 3.49. The molecule has 0 radical (unpaired) electrons. The van der Waals surface area contributed by atoms with Crippen molar-refractivity contribution in [1.82, 2.24) is 0 Å². The zero-order valence-electron chi connectivity index (χ0n) is 21.9. The third kappa shape index (κ3) is 8.64. The number of benzene rings is 4. The lowest BCUT2D eigenvalue weighted by Crippen LogP contribution is -2.34. The molecule has 0 aliphatic heterocycles. The van der Waals surface area contributed by atoms with Gasteiger partial charge in [0.1, 0.15) is 5.75 Å². The highest BCUT2D eigenvalue weighted by atomic mass is 32.2. The quantitative estimate of drug-likeness (QED) is 0.139. The van der Waals surface area contributed by atoms with Gasteiger partial charge in [0.05, 0.1) is 24.4 Å². The number of carbonyl (C=O) groups is 1. The van der Waals surface area contributed by atoms with Crippen molar-refractivity contribution in [2.75, 3.05) is 13.7 Å². The van der Waals surface area contributed by atoms with Crippen molar-refractivity contribution in [2.45, 2.75) is 33.3 Å². The van der Waals surface area contributed by atoms with Gasteiger partial charge in [0.25, 0.3) is 0 Å². The molecule has 0 unspecified atom stereocenters. The van der Waals surface area contributed by atoms with Crippen molar-refractivity contribution < 1.29 is 36.0 Å². The van der Waals surface area contributed by atoms with E-state index in [4.69, 9.17) is 9.29 Å². The van der Waals surface area contributed by atoms with E-state index in [1.807, 2.05) is 0 Å². The number of esters is 1. The van der Waals surface area contributed by atoms with Gasteiger partial charge in [-0.1, -0.05) is 66.7 Å². The molecule has 0 saturated heterocycles. The van der Waals surface area contributed by atoms with E-state index in [0.717, 1.165) is 0 Å². The van der Waals surface area contributed by atoms with Crippen LogP contribution in [-0.2, 0) is 37.0 Å². The fraction of sp³-hybridized carbons (Fsp3) is 0.167. The Bertz CT molecular complexity index is 1440. The van der Waals surface area contributed by atoms with Gasteiger partial charge in [0, 0.05) is 5.56 Å². The summed E-state index contributed by atoms with van der Waals surface area (Å²) in [5, 5.41) is -4.53. The van der Waals surface area contributed by atoms with Gasteiger partial charge in [-0.15, -0.1) is 0 Å². The maximum absolute atomic E-state index is 12.8. The molecular weight excluding hydrogens is 558 g/mol. The summed E-state index contributed by atoms with van der Waals surface area (Å²) >= 11 is 0. The maximum atomic E-state index is 12.8. The number of carbonyl (C=O) groups excluding carboxylic acids is 1. The van der Waals surface area contributed by atoms with Crippen molar-refractivity contribution in [3.8, 4) is 5.75 Å². The summed E-state index contributed by atoms with van der Waals surface area (Å²) in [5.41, 5.74) is 1.83. The Kier molecular flexibility index (Phi) is 10.8. The average molecular weight is 588 g/mol. The van der Waals surface area contributed by atoms with Crippen molar-refractivity contribution in [2.24, 2.45) is 0 Å². The summed E-state index contributed by atoms with van der Waals surface area (Å²) in [4.78, 5) is 15.4. The average Bonchev–Trinajstić information content (AvgIpc) is 2.95. The summed E-state index contributed by atoms with van der Waals surface area (Å²) in [7, 11) is -4.17. The minimum atomic E-state index is -5.61. The van der Waals surface area contributed by atoms with Crippen LogP contribution in [-0.4, -0.2) is 37.9 Å². The molecule has 0 atom stereocenters. The van der Waals surface area contributed by atoms with Gasteiger partial charge in [-0.2, -0.15) is 17.2 Å². The number of aryl methyl sites for hydroxylation is 1. The Balaban J connectivity index is 0.000000220. The molecular formula is C30H29F2O6S2+. The van der Waals surface area contributed by atoms with Gasteiger partial charge >= 0.3 is 21.3 Å². The van der Waals surface area contributed by atoms with Crippen LogP contribution in [0.2, 0.25) is 0 Å². The lowest BCUT2D eigenvalue weighted by molar-refractivity contribution is -0.148. The predicted octanol–water partition coefficient (Wildman–Crippen LogP) is 6.35. The van der Waals surface area contributed by atoms with E-state index >= 15 is 0 Å². The van der Waals surface area contributed by atoms with E-state index < -0.39 is 27.9 Å². The highest BCUT2D eigenvalue weighted by Crippen LogP contribution is 2.32. The van der Waals surface area contributed by atoms with Crippen LogP contribution < -0.4 is 4.74 Å². The van der Waals surface area contributed by atoms with Gasteiger partial charge < -0.3 is 9.47 Å². The minimum absolute atomic E-state index is 0.0262. The number of halogens is 2. The van der Waals surface area contributed by atoms with E-state index in [1.54, 1.807) is 12.1 Å². The van der Waals surface area contributed by atoms with Gasteiger partial charge in [-0.25, -0.2) is 0 Å². The minimum Gasteiger partial charge on any atom is -0.497 e. The number of hydrogen-bond donors (Lipinski definition) is 1.